The molecule has 86 valence electrons. The van der Waals surface area contributed by atoms with E-state index in [-0.39, 0.29) is 11.8 Å². The van der Waals surface area contributed by atoms with E-state index in [1.807, 2.05) is 33.2 Å². The van der Waals surface area contributed by atoms with Gasteiger partial charge in [-0.25, -0.2) is 4.39 Å². The molecule has 0 saturated carbocycles. The first-order chi connectivity index (χ1) is 7.04. The highest BCUT2D eigenvalue weighted by Crippen LogP contribution is 2.19. The van der Waals surface area contributed by atoms with E-state index < -0.39 is 6.17 Å². The van der Waals surface area contributed by atoms with E-state index in [4.69, 9.17) is 5.73 Å². The molecule has 2 atom stereocenters. The Hall–Kier alpha value is -0.900. The SMILES string of the molecule is CC(C)C(CN)C(F)Cc1ccn(C)n1. The number of aromatic nitrogens is 2. The van der Waals surface area contributed by atoms with Gasteiger partial charge in [-0.3, -0.25) is 4.68 Å². The molecule has 3 nitrogen and oxygen atoms in total. The molecule has 4 heteroatoms. The van der Waals surface area contributed by atoms with Crippen molar-refractivity contribution in [2.24, 2.45) is 24.6 Å². The molecule has 2 unspecified atom stereocenters. The summed E-state index contributed by atoms with van der Waals surface area (Å²) in [5.41, 5.74) is 6.36. The second kappa shape index (κ2) is 5.26. The summed E-state index contributed by atoms with van der Waals surface area (Å²) in [7, 11) is 1.83. The Morgan fingerprint density at radius 2 is 2.20 bits per heavy atom. The van der Waals surface area contributed by atoms with E-state index in [1.165, 1.54) is 0 Å². The molecule has 1 aromatic rings. The molecule has 0 aliphatic rings. The highest BCUT2D eigenvalue weighted by atomic mass is 19.1. The van der Waals surface area contributed by atoms with Crippen molar-refractivity contribution in [1.29, 1.82) is 0 Å². The zero-order chi connectivity index (χ0) is 11.4. The van der Waals surface area contributed by atoms with Crippen LogP contribution in [0.1, 0.15) is 19.5 Å². The van der Waals surface area contributed by atoms with Gasteiger partial charge in [0.2, 0.25) is 0 Å². The zero-order valence-corrected chi connectivity index (χ0v) is 9.65. The number of alkyl halides is 1. The summed E-state index contributed by atoms with van der Waals surface area (Å²) in [5.74, 6) is 0.195. The zero-order valence-electron chi connectivity index (χ0n) is 9.65. The number of halogens is 1. The highest BCUT2D eigenvalue weighted by Gasteiger charge is 2.23. The fourth-order valence-electron chi connectivity index (χ4n) is 1.76. The third-order valence-corrected chi connectivity index (χ3v) is 2.77. The highest BCUT2D eigenvalue weighted by molar-refractivity contribution is 5.01. The largest absolute Gasteiger partial charge is 0.330 e. The molecule has 1 aromatic heterocycles. The number of aryl methyl sites for hydroxylation is 1. The van der Waals surface area contributed by atoms with Gasteiger partial charge in [-0.1, -0.05) is 13.8 Å². The van der Waals surface area contributed by atoms with Crippen molar-refractivity contribution in [2.45, 2.75) is 26.4 Å². The van der Waals surface area contributed by atoms with Gasteiger partial charge >= 0.3 is 0 Å². The van der Waals surface area contributed by atoms with Crippen LogP contribution < -0.4 is 5.73 Å². The van der Waals surface area contributed by atoms with Crippen LogP contribution in [0.3, 0.4) is 0 Å². The molecule has 0 aliphatic carbocycles. The molecule has 1 rings (SSSR count). The lowest BCUT2D eigenvalue weighted by atomic mass is 9.89. The smallest absolute Gasteiger partial charge is 0.110 e. The standard InChI is InChI=1S/C11H20FN3/c1-8(2)10(7-13)11(12)6-9-4-5-15(3)14-9/h4-5,8,10-11H,6-7,13H2,1-3H3. The van der Waals surface area contributed by atoms with Crippen LogP contribution in [0.25, 0.3) is 0 Å². The van der Waals surface area contributed by atoms with Crippen molar-refractivity contribution >= 4 is 0 Å². The molecule has 0 bridgehead atoms. The summed E-state index contributed by atoms with van der Waals surface area (Å²) in [4.78, 5) is 0. The molecule has 1 heterocycles. The lowest BCUT2D eigenvalue weighted by Gasteiger charge is -2.22. The topological polar surface area (TPSA) is 43.8 Å². The average molecular weight is 213 g/mol. The fourth-order valence-corrected chi connectivity index (χ4v) is 1.76. The Morgan fingerprint density at radius 3 is 2.60 bits per heavy atom. The van der Waals surface area contributed by atoms with Crippen LogP contribution in [0, 0.1) is 11.8 Å². The van der Waals surface area contributed by atoms with Crippen LogP contribution >= 0.6 is 0 Å². The van der Waals surface area contributed by atoms with Gasteiger partial charge < -0.3 is 5.73 Å². The van der Waals surface area contributed by atoms with Crippen LogP contribution in [-0.4, -0.2) is 22.5 Å². The lowest BCUT2D eigenvalue weighted by molar-refractivity contribution is 0.184. The van der Waals surface area contributed by atoms with Gasteiger partial charge in [-0.05, 0) is 18.5 Å². The first-order valence-electron chi connectivity index (χ1n) is 5.37. The Labute approximate surface area is 90.5 Å². The number of hydrogen-bond acceptors (Lipinski definition) is 2. The molecular formula is C11H20FN3. The Morgan fingerprint density at radius 1 is 1.53 bits per heavy atom. The minimum Gasteiger partial charge on any atom is -0.330 e. The van der Waals surface area contributed by atoms with Gasteiger partial charge in [-0.2, -0.15) is 5.10 Å². The van der Waals surface area contributed by atoms with E-state index in [1.54, 1.807) is 4.68 Å². The predicted octanol–water partition coefficient (Wildman–Crippen LogP) is 1.53. The van der Waals surface area contributed by atoms with E-state index in [0.717, 1.165) is 5.69 Å². The van der Waals surface area contributed by atoms with Crippen molar-refractivity contribution in [3.05, 3.63) is 18.0 Å². The monoisotopic (exact) mass is 213 g/mol. The van der Waals surface area contributed by atoms with E-state index >= 15 is 0 Å². The van der Waals surface area contributed by atoms with Gasteiger partial charge in [-0.15, -0.1) is 0 Å². The van der Waals surface area contributed by atoms with Gasteiger partial charge in [0.05, 0.1) is 5.69 Å². The molecule has 0 radical (unpaired) electrons. The van der Waals surface area contributed by atoms with Crippen molar-refractivity contribution in [2.75, 3.05) is 6.54 Å². The van der Waals surface area contributed by atoms with Gasteiger partial charge in [0.15, 0.2) is 0 Å². The molecular weight excluding hydrogens is 193 g/mol. The van der Waals surface area contributed by atoms with Gasteiger partial charge in [0, 0.05) is 25.6 Å². The second-order valence-electron chi connectivity index (χ2n) is 4.34. The average Bonchev–Trinajstić information content (AvgIpc) is 2.51. The summed E-state index contributed by atoms with van der Waals surface area (Å²) in [6, 6.07) is 1.85. The predicted molar refractivity (Wildman–Crippen MR) is 59.2 cm³/mol. The molecule has 0 fully saturated rings. The maximum absolute atomic E-state index is 13.9. The summed E-state index contributed by atoms with van der Waals surface area (Å²) in [5, 5.41) is 4.16. The third-order valence-electron chi connectivity index (χ3n) is 2.77. The summed E-state index contributed by atoms with van der Waals surface area (Å²) >= 11 is 0. The summed E-state index contributed by atoms with van der Waals surface area (Å²) in [6.07, 6.45) is 1.29. The van der Waals surface area contributed by atoms with Crippen LogP contribution in [0.5, 0.6) is 0 Å². The van der Waals surface area contributed by atoms with Crippen LogP contribution in [0.15, 0.2) is 12.3 Å². The maximum Gasteiger partial charge on any atom is 0.110 e. The Balaban J connectivity index is 2.57. The van der Waals surface area contributed by atoms with Gasteiger partial charge in [0.25, 0.3) is 0 Å². The second-order valence-corrected chi connectivity index (χ2v) is 4.34. The Kier molecular flexibility index (Phi) is 4.27. The van der Waals surface area contributed by atoms with Crippen molar-refractivity contribution < 1.29 is 4.39 Å². The third kappa shape index (κ3) is 3.30. The molecule has 15 heavy (non-hydrogen) atoms. The molecule has 0 aromatic carbocycles. The number of nitrogens with two attached hydrogens (primary N) is 1. The van der Waals surface area contributed by atoms with Crippen LogP contribution in [-0.2, 0) is 13.5 Å². The molecule has 0 amide bonds. The van der Waals surface area contributed by atoms with E-state index in [0.29, 0.717) is 13.0 Å². The minimum atomic E-state index is -0.898. The summed E-state index contributed by atoms with van der Waals surface area (Å²) < 4.78 is 15.6. The molecule has 2 N–H and O–H groups in total. The number of rotatable bonds is 5. The number of hydrogen-bond donors (Lipinski definition) is 1. The first kappa shape index (κ1) is 12.2. The molecule has 0 saturated heterocycles. The lowest BCUT2D eigenvalue weighted by Crippen LogP contribution is -2.30. The van der Waals surface area contributed by atoms with E-state index in [2.05, 4.69) is 5.10 Å². The van der Waals surface area contributed by atoms with Crippen LogP contribution in [0.4, 0.5) is 4.39 Å². The van der Waals surface area contributed by atoms with Crippen molar-refractivity contribution in [3.8, 4) is 0 Å². The molecule has 0 spiro atoms. The maximum atomic E-state index is 13.9. The van der Waals surface area contributed by atoms with E-state index in [9.17, 15) is 4.39 Å². The van der Waals surface area contributed by atoms with Crippen molar-refractivity contribution in [3.63, 3.8) is 0 Å². The quantitative estimate of drug-likeness (QED) is 0.806. The molecule has 0 aliphatic heterocycles. The normalized spacial score (nSPS) is 15.6. The Bertz CT molecular complexity index is 296. The first-order valence-corrected chi connectivity index (χ1v) is 5.37. The summed E-state index contributed by atoms with van der Waals surface area (Å²) in [6.45, 7) is 4.40. The van der Waals surface area contributed by atoms with Crippen LogP contribution in [0.2, 0.25) is 0 Å². The number of nitrogens with zero attached hydrogens (tertiary/aromatic N) is 2. The van der Waals surface area contributed by atoms with Crippen molar-refractivity contribution in [1.82, 2.24) is 9.78 Å². The fraction of sp³-hybridized carbons (Fsp3) is 0.727. The minimum absolute atomic E-state index is 0.0768. The van der Waals surface area contributed by atoms with Gasteiger partial charge in [0.1, 0.15) is 6.17 Å².